The lowest BCUT2D eigenvalue weighted by atomic mass is 9.95. The van der Waals surface area contributed by atoms with Crippen molar-refractivity contribution in [2.75, 3.05) is 6.61 Å². The fraction of sp³-hybridized carbons (Fsp3) is 0.571. The van der Waals surface area contributed by atoms with Crippen molar-refractivity contribution in [2.24, 2.45) is 0 Å². The lowest BCUT2D eigenvalue weighted by Crippen LogP contribution is -2.32. The molecule has 2 rings (SSSR count). The molecule has 0 aromatic heterocycles. The molecule has 88 valence electrons. The van der Waals surface area contributed by atoms with Gasteiger partial charge < -0.3 is 10.1 Å². The van der Waals surface area contributed by atoms with Crippen molar-refractivity contribution in [1.29, 1.82) is 0 Å². The smallest absolute Gasteiger partial charge is 0.127 e. The summed E-state index contributed by atoms with van der Waals surface area (Å²) in [7, 11) is 0. The molecular formula is C14H21NO. The Balaban J connectivity index is 2.36. The highest BCUT2D eigenvalue weighted by Crippen LogP contribution is 2.36. The van der Waals surface area contributed by atoms with Gasteiger partial charge in [0, 0.05) is 24.1 Å². The van der Waals surface area contributed by atoms with E-state index in [0.717, 1.165) is 18.8 Å². The highest BCUT2D eigenvalue weighted by molar-refractivity contribution is 5.47. The van der Waals surface area contributed by atoms with Crippen LogP contribution in [0.3, 0.4) is 0 Å². The molecule has 2 nitrogen and oxygen atoms in total. The summed E-state index contributed by atoms with van der Waals surface area (Å²) in [6.45, 7) is 9.48. The third-order valence-corrected chi connectivity index (χ3v) is 3.27. The summed E-state index contributed by atoms with van der Waals surface area (Å²) >= 11 is 0. The van der Waals surface area contributed by atoms with E-state index in [-0.39, 0.29) is 0 Å². The molecule has 0 saturated carbocycles. The van der Waals surface area contributed by atoms with E-state index in [0.29, 0.717) is 12.1 Å². The minimum absolute atomic E-state index is 0.447. The van der Waals surface area contributed by atoms with Crippen LogP contribution in [-0.2, 0) is 0 Å². The van der Waals surface area contributed by atoms with Gasteiger partial charge in [-0.2, -0.15) is 0 Å². The maximum atomic E-state index is 5.81. The van der Waals surface area contributed by atoms with Gasteiger partial charge in [-0.1, -0.05) is 26.0 Å². The van der Waals surface area contributed by atoms with Crippen molar-refractivity contribution in [3.05, 3.63) is 28.8 Å². The number of ether oxygens (including phenoxy) is 1. The van der Waals surface area contributed by atoms with Gasteiger partial charge in [-0.05, 0) is 25.0 Å². The first-order chi connectivity index (χ1) is 7.59. The number of rotatable bonds is 2. The maximum Gasteiger partial charge on any atom is 0.127 e. The van der Waals surface area contributed by atoms with Crippen LogP contribution in [0.15, 0.2) is 12.1 Å². The van der Waals surface area contributed by atoms with Gasteiger partial charge in [0.15, 0.2) is 0 Å². The first kappa shape index (κ1) is 11.5. The lowest BCUT2D eigenvalue weighted by Gasteiger charge is -2.30. The molecule has 0 amide bonds. The Hall–Kier alpha value is -1.02. The second-order valence-corrected chi connectivity index (χ2v) is 4.94. The average molecular weight is 219 g/mol. The monoisotopic (exact) mass is 219 g/mol. The van der Waals surface area contributed by atoms with Gasteiger partial charge in [0.1, 0.15) is 5.75 Å². The normalized spacial score (nSPS) is 19.4. The highest BCUT2D eigenvalue weighted by atomic mass is 16.5. The van der Waals surface area contributed by atoms with Gasteiger partial charge in [-0.3, -0.25) is 0 Å². The van der Waals surface area contributed by atoms with Crippen LogP contribution in [0.4, 0.5) is 0 Å². The summed E-state index contributed by atoms with van der Waals surface area (Å²) in [4.78, 5) is 0. The van der Waals surface area contributed by atoms with Gasteiger partial charge in [0.25, 0.3) is 0 Å². The fourth-order valence-corrected chi connectivity index (χ4v) is 2.29. The Kier molecular flexibility index (Phi) is 3.20. The topological polar surface area (TPSA) is 21.3 Å². The molecule has 0 fully saturated rings. The molecule has 1 aliphatic rings. The third kappa shape index (κ3) is 2.07. The second kappa shape index (κ2) is 4.46. The molecule has 0 aliphatic carbocycles. The minimum Gasteiger partial charge on any atom is -0.493 e. The zero-order valence-electron chi connectivity index (χ0n) is 10.6. The number of fused-ring (bicyclic) bond motifs is 1. The molecule has 0 spiro atoms. The zero-order chi connectivity index (χ0) is 11.7. The van der Waals surface area contributed by atoms with Crippen molar-refractivity contribution < 1.29 is 4.74 Å². The standard InChI is InChI=1S/C14H21NO/c1-9(2)15-13-7-8-16-14-11(4)10(3)5-6-12(13)14/h5-6,9,13,15H,7-8H2,1-4H3. The molecule has 16 heavy (non-hydrogen) atoms. The summed E-state index contributed by atoms with van der Waals surface area (Å²) in [6.07, 6.45) is 1.06. The number of nitrogens with one attached hydrogen (secondary N) is 1. The van der Waals surface area contributed by atoms with Crippen molar-refractivity contribution >= 4 is 0 Å². The van der Waals surface area contributed by atoms with E-state index in [1.165, 1.54) is 16.7 Å². The van der Waals surface area contributed by atoms with Gasteiger partial charge in [-0.25, -0.2) is 0 Å². The van der Waals surface area contributed by atoms with Crippen LogP contribution in [0.2, 0.25) is 0 Å². The van der Waals surface area contributed by atoms with Crippen molar-refractivity contribution in [1.82, 2.24) is 5.32 Å². The Morgan fingerprint density at radius 3 is 2.75 bits per heavy atom. The van der Waals surface area contributed by atoms with E-state index in [4.69, 9.17) is 4.74 Å². The first-order valence-electron chi connectivity index (χ1n) is 6.08. The number of aryl methyl sites for hydroxylation is 1. The maximum absolute atomic E-state index is 5.81. The average Bonchev–Trinajstić information content (AvgIpc) is 2.23. The largest absolute Gasteiger partial charge is 0.493 e. The summed E-state index contributed by atoms with van der Waals surface area (Å²) in [5.41, 5.74) is 3.92. The zero-order valence-corrected chi connectivity index (χ0v) is 10.6. The third-order valence-electron chi connectivity index (χ3n) is 3.27. The van der Waals surface area contributed by atoms with E-state index in [1.54, 1.807) is 0 Å². The molecule has 1 unspecified atom stereocenters. The Bertz CT molecular complexity index is 385. The molecule has 1 aromatic rings. The quantitative estimate of drug-likeness (QED) is 0.825. The van der Waals surface area contributed by atoms with Crippen LogP contribution in [0.1, 0.15) is 43.0 Å². The van der Waals surface area contributed by atoms with Crippen LogP contribution < -0.4 is 10.1 Å². The summed E-state index contributed by atoms with van der Waals surface area (Å²) in [6, 6.07) is 5.36. The molecule has 2 heteroatoms. The Labute approximate surface area is 98.0 Å². The Morgan fingerprint density at radius 2 is 2.06 bits per heavy atom. The molecule has 1 heterocycles. The van der Waals surface area contributed by atoms with Crippen LogP contribution in [0, 0.1) is 13.8 Å². The summed E-state index contributed by atoms with van der Waals surface area (Å²) in [5.74, 6) is 1.10. The molecule has 0 saturated heterocycles. The SMILES string of the molecule is Cc1ccc2c(c1C)OCCC2NC(C)C. The molecule has 0 radical (unpaired) electrons. The number of hydrogen-bond acceptors (Lipinski definition) is 2. The van der Waals surface area contributed by atoms with E-state index >= 15 is 0 Å². The predicted octanol–water partition coefficient (Wildman–Crippen LogP) is 3.13. The van der Waals surface area contributed by atoms with Crippen molar-refractivity contribution in [3.63, 3.8) is 0 Å². The van der Waals surface area contributed by atoms with E-state index in [2.05, 4.69) is 45.1 Å². The molecule has 1 aliphatic heterocycles. The fourth-order valence-electron chi connectivity index (χ4n) is 2.29. The van der Waals surface area contributed by atoms with E-state index in [1.807, 2.05) is 0 Å². The van der Waals surface area contributed by atoms with Gasteiger partial charge in [-0.15, -0.1) is 0 Å². The predicted molar refractivity (Wildman–Crippen MR) is 67.0 cm³/mol. The van der Waals surface area contributed by atoms with Crippen molar-refractivity contribution in [2.45, 2.75) is 46.2 Å². The summed E-state index contributed by atoms with van der Waals surface area (Å²) in [5, 5.41) is 3.60. The van der Waals surface area contributed by atoms with Crippen LogP contribution in [-0.4, -0.2) is 12.6 Å². The molecule has 0 bridgehead atoms. The molecular weight excluding hydrogens is 198 g/mol. The first-order valence-corrected chi connectivity index (χ1v) is 6.08. The van der Waals surface area contributed by atoms with Crippen LogP contribution in [0.25, 0.3) is 0 Å². The van der Waals surface area contributed by atoms with E-state index in [9.17, 15) is 0 Å². The second-order valence-electron chi connectivity index (χ2n) is 4.94. The van der Waals surface area contributed by atoms with Gasteiger partial charge >= 0.3 is 0 Å². The highest BCUT2D eigenvalue weighted by Gasteiger charge is 2.23. The lowest BCUT2D eigenvalue weighted by molar-refractivity contribution is 0.245. The molecule has 1 aromatic carbocycles. The minimum atomic E-state index is 0.447. The van der Waals surface area contributed by atoms with Crippen LogP contribution in [0.5, 0.6) is 5.75 Å². The number of benzene rings is 1. The van der Waals surface area contributed by atoms with Gasteiger partial charge in [0.05, 0.1) is 6.61 Å². The van der Waals surface area contributed by atoms with Crippen molar-refractivity contribution in [3.8, 4) is 5.75 Å². The number of hydrogen-bond donors (Lipinski definition) is 1. The van der Waals surface area contributed by atoms with E-state index < -0.39 is 0 Å². The molecule has 1 N–H and O–H groups in total. The Morgan fingerprint density at radius 1 is 1.31 bits per heavy atom. The van der Waals surface area contributed by atoms with Gasteiger partial charge in [0.2, 0.25) is 0 Å². The van der Waals surface area contributed by atoms with Crippen LogP contribution >= 0.6 is 0 Å². The molecule has 1 atom stereocenters. The summed E-state index contributed by atoms with van der Waals surface area (Å²) < 4.78 is 5.81.